The lowest BCUT2D eigenvalue weighted by atomic mass is 10.2. The van der Waals surface area contributed by atoms with Crippen molar-refractivity contribution in [3.05, 3.63) is 41.5 Å². The molecule has 0 aliphatic carbocycles. The molecule has 1 aromatic heterocycles. The van der Waals surface area contributed by atoms with Crippen LogP contribution in [0.1, 0.15) is 17.3 Å². The Hall–Kier alpha value is -2.39. The summed E-state index contributed by atoms with van der Waals surface area (Å²) in [4.78, 5) is 4.10. The fourth-order valence-corrected chi connectivity index (χ4v) is 1.62. The van der Waals surface area contributed by atoms with Crippen LogP contribution in [0.15, 0.2) is 28.8 Å². The average Bonchev–Trinajstić information content (AvgIpc) is 2.83. The second-order valence-electron chi connectivity index (χ2n) is 3.89. The molecule has 0 radical (unpaired) electrons. The van der Waals surface area contributed by atoms with Gasteiger partial charge in [0, 0.05) is 19.0 Å². The van der Waals surface area contributed by atoms with Crippen LogP contribution in [0.3, 0.4) is 0 Å². The van der Waals surface area contributed by atoms with E-state index in [1.54, 1.807) is 6.92 Å². The average molecular weight is 258 g/mol. The van der Waals surface area contributed by atoms with Gasteiger partial charge in [0.25, 0.3) is 0 Å². The predicted molar refractivity (Wildman–Crippen MR) is 67.1 cm³/mol. The maximum absolute atomic E-state index is 8.53. The predicted octanol–water partition coefficient (Wildman–Crippen LogP) is 1.57. The van der Waals surface area contributed by atoms with Crippen molar-refractivity contribution in [2.24, 2.45) is 0 Å². The number of hydrogen-bond donors (Lipinski definition) is 1. The maximum atomic E-state index is 8.53. The van der Waals surface area contributed by atoms with Crippen molar-refractivity contribution in [2.75, 3.05) is 6.61 Å². The molecule has 0 unspecified atom stereocenters. The van der Waals surface area contributed by atoms with Crippen LogP contribution in [0.25, 0.3) is 0 Å². The number of aromatic nitrogens is 2. The van der Waals surface area contributed by atoms with E-state index in [1.165, 1.54) is 0 Å². The molecule has 2 rings (SSSR count). The van der Waals surface area contributed by atoms with Crippen LogP contribution in [0.4, 0.5) is 0 Å². The Bertz CT molecular complexity index is 574. The van der Waals surface area contributed by atoms with Crippen molar-refractivity contribution in [3.8, 4) is 11.8 Å². The number of nitrogens with zero attached hydrogens (tertiary/aromatic N) is 3. The minimum atomic E-state index is 0.0427. The Morgan fingerprint density at radius 3 is 2.95 bits per heavy atom. The highest BCUT2D eigenvalue weighted by molar-refractivity contribution is 5.33. The van der Waals surface area contributed by atoms with Gasteiger partial charge in [-0.2, -0.15) is 10.2 Å². The molecule has 0 bridgehead atoms. The van der Waals surface area contributed by atoms with Gasteiger partial charge in [0.1, 0.15) is 11.8 Å². The van der Waals surface area contributed by atoms with E-state index in [0.717, 1.165) is 5.56 Å². The lowest BCUT2D eigenvalue weighted by Gasteiger charge is -2.09. The standard InChI is InChI=1S/C13H14N4O2/c1-10-16-13(17-19-10)9-15-8-11-4-2-3-5-12(11)18-7-6-14/h2-5,15H,7-9H2,1H3. The molecule has 0 fully saturated rings. The SMILES string of the molecule is Cc1nc(CNCc2ccccc2OCC#N)no1. The third kappa shape index (κ3) is 3.79. The molecule has 2 aromatic rings. The highest BCUT2D eigenvalue weighted by Gasteiger charge is 2.04. The van der Waals surface area contributed by atoms with Crippen LogP contribution in [0, 0.1) is 18.3 Å². The molecular formula is C13H14N4O2. The quantitative estimate of drug-likeness (QED) is 0.846. The van der Waals surface area contributed by atoms with Crippen molar-refractivity contribution < 1.29 is 9.26 Å². The summed E-state index contributed by atoms with van der Waals surface area (Å²) < 4.78 is 10.2. The molecule has 0 amide bonds. The minimum absolute atomic E-state index is 0.0427. The molecule has 6 heteroatoms. The highest BCUT2D eigenvalue weighted by Crippen LogP contribution is 2.17. The number of ether oxygens (including phenoxy) is 1. The fraction of sp³-hybridized carbons (Fsp3) is 0.308. The van der Waals surface area contributed by atoms with E-state index in [2.05, 4.69) is 15.5 Å². The van der Waals surface area contributed by atoms with Gasteiger partial charge in [-0.25, -0.2) is 0 Å². The summed E-state index contributed by atoms with van der Waals surface area (Å²) in [5, 5.41) is 15.5. The zero-order valence-corrected chi connectivity index (χ0v) is 10.6. The molecular weight excluding hydrogens is 244 g/mol. The Kier molecular flexibility index (Phi) is 4.48. The topological polar surface area (TPSA) is 84.0 Å². The minimum Gasteiger partial charge on any atom is -0.478 e. The van der Waals surface area contributed by atoms with Gasteiger partial charge in [-0.15, -0.1) is 0 Å². The van der Waals surface area contributed by atoms with Crippen LogP contribution in [0.5, 0.6) is 5.75 Å². The van der Waals surface area contributed by atoms with Crippen molar-refractivity contribution in [2.45, 2.75) is 20.0 Å². The van der Waals surface area contributed by atoms with E-state index in [0.29, 0.717) is 30.6 Å². The second kappa shape index (κ2) is 6.52. The number of aryl methyl sites for hydroxylation is 1. The molecule has 0 aliphatic heterocycles. The first-order chi connectivity index (χ1) is 9.29. The summed E-state index contributed by atoms with van der Waals surface area (Å²) in [6, 6.07) is 9.54. The monoisotopic (exact) mass is 258 g/mol. The first-order valence-corrected chi connectivity index (χ1v) is 5.87. The van der Waals surface area contributed by atoms with Crippen LogP contribution in [-0.4, -0.2) is 16.7 Å². The van der Waals surface area contributed by atoms with Gasteiger partial charge in [0.2, 0.25) is 5.89 Å². The molecule has 0 saturated carbocycles. The first-order valence-electron chi connectivity index (χ1n) is 5.87. The van der Waals surface area contributed by atoms with E-state index in [4.69, 9.17) is 14.5 Å². The van der Waals surface area contributed by atoms with Gasteiger partial charge in [0.15, 0.2) is 12.4 Å². The summed E-state index contributed by atoms with van der Waals surface area (Å²) in [6.45, 7) is 2.92. The number of benzene rings is 1. The van der Waals surface area contributed by atoms with E-state index >= 15 is 0 Å². The zero-order chi connectivity index (χ0) is 13.5. The Morgan fingerprint density at radius 1 is 1.37 bits per heavy atom. The third-order valence-corrected chi connectivity index (χ3v) is 2.43. The fourth-order valence-electron chi connectivity index (χ4n) is 1.62. The maximum Gasteiger partial charge on any atom is 0.223 e. The van der Waals surface area contributed by atoms with Crippen molar-refractivity contribution in [1.29, 1.82) is 5.26 Å². The van der Waals surface area contributed by atoms with Gasteiger partial charge in [-0.3, -0.25) is 0 Å². The molecule has 0 spiro atoms. The normalized spacial score (nSPS) is 10.1. The first kappa shape index (κ1) is 13.1. The van der Waals surface area contributed by atoms with Gasteiger partial charge >= 0.3 is 0 Å². The van der Waals surface area contributed by atoms with Crippen molar-refractivity contribution in [3.63, 3.8) is 0 Å². The zero-order valence-electron chi connectivity index (χ0n) is 10.6. The van der Waals surface area contributed by atoms with Crippen LogP contribution in [-0.2, 0) is 13.1 Å². The molecule has 1 N–H and O–H groups in total. The van der Waals surface area contributed by atoms with Crippen LogP contribution >= 0.6 is 0 Å². The number of nitriles is 1. The molecule has 1 aromatic carbocycles. The molecule has 0 atom stereocenters. The number of nitrogens with one attached hydrogen (secondary N) is 1. The van der Waals surface area contributed by atoms with Gasteiger partial charge in [-0.05, 0) is 6.07 Å². The van der Waals surface area contributed by atoms with Crippen LogP contribution < -0.4 is 10.1 Å². The third-order valence-electron chi connectivity index (χ3n) is 2.43. The Morgan fingerprint density at radius 2 is 2.21 bits per heavy atom. The summed E-state index contributed by atoms with van der Waals surface area (Å²) in [5.74, 6) is 1.88. The molecule has 98 valence electrons. The van der Waals surface area contributed by atoms with Crippen molar-refractivity contribution >= 4 is 0 Å². The molecule has 0 aliphatic rings. The highest BCUT2D eigenvalue weighted by atomic mass is 16.5. The van der Waals surface area contributed by atoms with Gasteiger partial charge in [0.05, 0.1) is 6.54 Å². The smallest absolute Gasteiger partial charge is 0.223 e. The Labute approximate surface area is 111 Å². The van der Waals surface area contributed by atoms with Gasteiger partial charge in [-0.1, -0.05) is 23.4 Å². The van der Waals surface area contributed by atoms with Crippen LogP contribution in [0.2, 0.25) is 0 Å². The van der Waals surface area contributed by atoms with Crippen molar-refractivity contribution in [1.82, 2.24) is 15.5 Å². The second-order valence-corrected chi connectivity index (χ2v) is 3.89. The summed E-state index contributed by atoms with van der Waals surface area (Å²) in [5.41, 5.74) is 0.984. The number of para-hydroxylation sites is 1. The largest absolute Gasteiger partial charge is 0.478 e. The lowest BCUT2D eigenvalue weighted by molar-refractivity contribution is 0.362. The molecule has 6 nitrogen and oxygen atoms in total. The Balaban J connectivity index is 1.90. The van der Waals surface area contributed by atoms with E-state index in [-0.39, 0.29) is 6.61 Å². The summed E-state index contributed by atoms with van der Waals surface area (Å²) >= 11 is 0. The van der Waals surface area contributed by atoms with E-state index in [1.807, 2.05) is 30.3 Å². The summed E-state index contributed by atoms with van der Waals surface area (Å²) in [7, 11) is 0. The molecule has 1 heterocycles. The van der Waals surface area contributed by atoms with E-state index < -0.39 is 0 Å². The molecule has 0 saturated heterocycles. The van der Waals surface area contributed by atoms with E-state index in [9.17, 15) is 0 Å². The summed E-state index contributed by atoms with van der Waals surface area (Å²) in [6.07, 6.45) is 0. The van der Waals surface area contributed by atoms with Gasteiger partial charge < -0.3 is 14.6 Å². The molecule has 19 heavy (non-hydrogen) atoms. The number of hydrogen-bond acceptors (Lipinski definition) is 6. The lowest BCUT2D eigenvalue weighted by Crippen LogP contribution is -2.14. The number of rotatable bonds is 6.